The first-order valence-electron chi connectivity index (χ1n) is 6.35. The first kappa shape index (κ1) is 12.1. The minimum absolute atomic E-state index is 0.158. The van der Waals surface area contributed by atoms with Crippen molar-refractivity contribution in [1.29, 1.82) is 0 Å². The minimum Gasteiger partial charge on any atom is -0.497 e. The third-order valence-corrected chi connectivity index (χ3v) is 3.50. The number of rotatable bonds is 2. The van der Waals surface area contributed by atoms with Crippen LogP contribution in [-0.4, -0.2) is 18.5 Å². The molecule has 0 bridgehead atoms. The third-order valence-electron chi connectivity index (χ3n) is 3.50. The molecule has 0 spiro atoms. The van der Waals surface area contributed by atoms with Gasteiger partial charge in [0.05, 0.1) is 7.11 Å². The predicted molar refractivity (Wildman–Crippen MR) is 72.5 cm³/mol. The molecular formula is C16H16O3. The van der Waals surface area contributed by atoms with Crippen LogP contribution in [0.5, 0.6) is 11.5 Å². The molecule has 19 heavy (non-hydrogen) atoms. The number of hydrogen-bond donors (Lipinski definition) is 1. The van der Waals surface area contributed by atoms with Gasteiger partial charge >= 0.3 is 0 Å². The fourth-order valence-corrected chi connectivity index (χ4v) is 2.56. The fraction of sp³-hybridized carbons (Fsp3) is 0.250. The van der Waals surface area contributed by atoms with Crippen LogP contribution in [0, 0.1) is 0 Å². The maximum atomic E-state index is 9.89. The first-order chi connectivity index (χ1) is 9.28. The van der Waals surface area contributed by atoms with Gasteiger partial charge in [-0.25, -0.2) is 0 Å². The largest absolute Gasteiger partial charge is 0.497 e. The van der Waals surface area contributed by atoms with Crippen molar-refractivity contribution in [3.05, 3.63) is 59.7 Å². The number of hydrogen-bond acceptors (Lipinski definition) is 3. The lowest BCUT2D eigenvalue weighted by Gasteiger charge is -2.30. The zero-order chi connectivity index (χ0) is 13.2. The average molecular weight is 256 g/mol. The van der Waals surface area contributed by atoms with Gasteiger partial charge in [-0.15, -0.1) is 0 Å². The number of methoxy groups -OCH3 is 1. The molecule has 3 rings (SSSR count). The standard InChI is InChI=1S/C16H16O3/c1-18-12-7-8-13-14(11-5-3-2-4-6-11)10-16(17)19-15(13)9-12/h2-9,14,16-17H,10H2,1H3/t14-,16?/m1/s1. The van der Waals surface area contributed by atoms with Gasteiger partial charge in [-0.1, -0.05) is 36.4 Å². The second-order valence-corrected chi connectivity index (χ2v) is 4.68. The monoisotopic (exact) mass is 256 g/mol. The van der Waals surface area contributed by atoms with Crippen LogP contribution < -0.4 is 9.47 Å². The van der Waals surface area contributed by atoms with Crippen LogP contribution in [-0.2, 0) is 0 Å². The summed E-state index contributed by atoms with van der Waals surface area (Å²) < 4.78 is 10.7. The Bertz CT molecular complexity index is 565. The molecule has 1 N–H and O–H groups in total. The summed E-state index contributed by atoms with van der Waals surface area (Å²) >= 11 is 0. The lowest BCUT2D eigenvalue weighted by Crippen LogP contribution is -2.25. The first-order valence-corrected chi connectivity index (χ1v) is 6.35. The summed E-state index contributed by atoms with van der Waals surface area (Å²) in [5.41, 5.74) is 2.29. The molecule has 0 aliphatic carbocycles. The average Bonchev–Trinajstić information content (AvgIpc) is 2.46. The molecule has 1 aliphatic rings. The fourth-order valence-electron chi connectivity index (χ4n) is 2.56. The summed E-state index contributed by atoms with van der Waals surface area (Å²) in [4.78, 5) is 0. The highest BCUT2D eigenvalue weighted by Crippen LogP contribution is 2.41. The molecular weight excluding hydrogens is 240 g/mol. The predicted octanol–water partition coefficient (Wildman–Crippen LogP) is 2.93. The normalized spacial score (nSPS) is 21.4. The van der Waals surface area contributed by atoms with Gasteiger partial charge in [-0.3, -0.25) is 0 Å². The molecule has 0 amide bonds. The van der Waals surface area contributed by atoms with E-state index in [-0.39, 0.29) is 5.92 Å². The lowest BCUT2D eigenvalue weighted by atomic mass is 9.86. The van der Waals surface area contributed by atoms with Crippen molar-refractivity contribution in [2.75, 3.05) is 7.11 Å². The Morgan fingerprint density at radius 1 is 1.16 bits per heavy atom. The SMILES string of the molecule is COc1ccc2c(c1)OC(O)C[C@@H]2c1ccccc1. The molecule has 0 saturated carbocycles. The van der Waals surface area contributed by atoms with Gasteiger partial charge in [0.25, 0.3) is 0 Å². The summed E-state index contributed by atoms with van der Waals surface area (Å²) in [7, 11) is 1.62. The van der Waals surface area contributed by atoms with E-state index < -0.39 is 6.29 Å². The van der Waals surface area contributed by atoms with E-state index in [4.69, 9.17) is 9.47 Å². The zero-order valence-electron chi connectivity index (χ0n) is 10.7. The minimum atomic E-state index is -0.773. The maximum absolute atomic E-state index is 9.89. The molecule has 98 valence electrons. The van der Waals surface area contributed by atoms with E-state index in [1.807, 2.05) is 36.4 Å². The van der Waals surface area contributed by atoms with Crippen LogP contribution in [0.15, 0.2) is 48.5 Å². The van der Waals surface area contributed by atoms with Crippen LogP contribution in [0.2, 0.25) is 0 Å². The van der Waals surface area contributed by atoms with Crippen molar-refractivity contribution in [1.82, 2.24) is 0 Å². The molecule has 1 aliphatic heterocycles. The Balaban J connectivity index is 2.05. The topological polar surface area (TPSA) is 38.7 Å². The number of fused-ring (bicyclic) bond motifs is 1. The second-order valence-electron chi connectivity index (χ2n) is 4.68. The highest BCUT2D eigenvalue weighted by Gasteiger charge is 2.28. The molecule has 2 aromatic rings. The van der Waals surface area contributed by atoms with Gasteiger partial charge in [0.2, 0.25) is 0 Å². The highest BCUT2D eigenvalue weighted by molar-refractivity contribution is 5.47. The van der Waals surface area contributed by atoms with E-state index in [1.165, 1.54) is 5.56 Å². The van der Waals surface area contributed by atoms with Crippen molar-refractivity contribution in [3.63, 3.8) is 0 Å². The van der Waals surface area contributed by atoms with E-state index in [9.17, 15) is 5.11 Å². The van der Waals surface area contributed by atoms with Crippen molar-refractivity contribution < 1.29 is 14.6 Å². The van der Waals surface area contributed by atoms with Gasteiger partial charge in [0, 0.05) is 24.0 Å². The van der Waals surface area contributed by atoms with Gasteiger partial charge in [-0.2, -0.15) is 0 Å². The molecule has 0 aromatic heterocycles. The van der Waals surface area contributed by atoms with Crippen LogP contribution in [0.25, 0.3) is 0 Å². The molecule has 1 heterocycles. The van der Waals surface area contributed by atoms with Gasteiger partial charge in [0.15, 0.2) is 6.29 Å². The van der Waals surface area contributed by atoms with Crippen LogP contribution >= 0.6 is 0 Å². The van der Waals surface area contributed by atoms with E-state index in [0.29, 0.717) is 12.2 Å². The van der Waals surface area contributed by atoms with E-state index in [0.717, 1.165) is 11.3 Å². The molecule has 0 saturated heterocycles. The molecule has 2 atom stereocenters. The molecule has 0 radical (unpaired) electrons. The zero-order valence-corrected chi connectivity index (χ0v) is 10.7. The van der Waals surface area contributed by atoms with Crippen LogP contribution in [0.3, 0.4) is 0 Å². The maximum Gasteiger partial charge on any atom is 0.198 e. The summed E-state index contributed by atoms with van der Waals surface area (Å²) in [5, 5.41) is 9.89. The van der Waals surface area contributed by atoms with E-state index in [1.54, 1.807) is 7.11 Å². The Morgan fingerprint density at radius 2 is 1.95 bits per heavy atom. The molecule has 3 nitrogen and oxygen atoms in total. The molecule has 0 fully saturated rings. The van der Waals surface area contributed by atoms with Gasteiger partial charge in [0.1, 0.15) is 11.5 Å². The summed E-state index contributed by atoms with van der Waals surface area (Å²) in [6, 6.07) is 15.9. The second kappa shape index (κ2) is 4.94. The van der Waals surface area contributed by atoms with E-state index >= 15 is 0 Å². The van der Waals surface area contributed by atoms with E-state index in [2.05, 4.69) is 12.1 Å². The number of benzene rings is 2. The number of aliphatic hydroxyl groups is 1. The van der Waals surface area contributed by atoms with Crippen molar-refractivity contribution in [3.8, 4) is 11.5 Å². The molecule has 1 unspecified atom stereocenters. The Hall–Kier alpha value is -2.00. The molecule has 2 aromatic carbocycles. The number of ether oxygens (including phenoxy) is 2. The highest BCUT2D eigenvalue weighted by atomic mass is 16.6. The number of aliphatic hydroxyl groups excluding tert-OH is 1. The summed E-state index contributed by atoms with van der Waals surface area (Å²) in [6.07, 6.45) is -0.201. The van der Waals surface area contributed by atoms with Crippen LogP contribution in [0.1, 0.15) is 23.5 Å². The smallest absolute Gasteiger partial charge is 0.198 e. The van der Waals surface area contributed by atoms with Crippen molar-refractivity contribution in [2.24, 2.45) is 0 Å². The summed E-state index contributed by atoms with van der Waals surface area (Å²) in [6.45, 7) is 0. The Kier molecular flexibility index (Phi) is 3.13. The van der Waals surface area contributed by atoms with Crippen LogP contribution in [0.4, 0.5) is 0 Å². The molecule has 3 heteroatoms. The van der Waals surface area contributed by atoms with Gasteiger partial charge < -0.3 is 14.6 Å². The Morgan fingerprint density at radius 3 is 2.68 bits per heavy atom. The summed E-state index contributed by atoms with van der Waals surface area (Å²) in [5.74, 6) is 1.59. The third kappa shape index (κ3) is 2.29. The quantitative estimate of drug-likeness (QED) is 0.897. The van der Waals surface area contributed by atoms with Crippen molar-refractivity contribution >= 4 is 0 Å². The lowest BCUT2D eigenvalue weighted by molar-refractivity contribution is -0.0360. The van der Waals surface area contributed by atoms with Crippen molar-refractivity contribution in [2.45, 2.75) is 18.6 Å². The van der Waals surface area contributed by atoms with Gasteiger partial charge in [-0.05, 0) is 11.6 Å². The Labute approximate surface area is 112 Å².